The third kappa shape index (κ3) is 2.07. The maximum absolute atomic E-state index is 12.1. The topological polar surface area (TPSA) is 49.3 Å². The van der Waals surface area contributed by atoms with Gasteiger partial charge in [-0.15, -0.1) is 0 Å². The predicted molar refractivity (Wildman–Crippen MR) is 81.1 cm³/mol. The van der Waals surface area contributed by atoms with Gasteiger partial charge in [-0.1, -0.05) is 18.2 Å². The van der Waals surface area contributed by atoms with Crippen LogP contribution in [0.15, 0.2) is 48.5 Å². The lowest BCUT2D eigenvalue weighted by Crippen LogP contribution is -2.22. The highest BCUT2D eigenvalue weighted by Gasteiger charge is 2.09. The molecular weight excluding hydrogens is 250 g/mol. The zero-order valence-corrected chi connectivity index (χ0v) is 11.2. The second-order valence-electron chi connectivity index (χ2n) is 4.77. The van der Waals surface area contributed by atoms with E-state index < -0.39 is 0 Å². The van der Waals surface area contributed by atoms with Crippen molar-refractivity contribution in [1.29, 1.82) is 0 Å². The van der Waals surface area contributed by atoms with Crippen LogP contribution in [0.25, 0.3) is 21.5 Å². The van der Waals surface area contributed by atoms with Crippen molar-refractivity contribution in [1.82, 2.24) is 5.32 Å². The van der Waals surface area contributed by atoms with Gasteiger partial charge < -0.3 is 10.4 Å². The number of phenols is 1. The molecule has 0 aliphatic carbocycles. The number of hydrogen-bond acceptors (Lipinski definition) is 2. The summed E-state index contributed by atoms with van der Waals surface area (Å²) in [5.41, 5.74) is 0.680. The highest BCUT2D eigenvalue weighted by Crippen LogP contribution is 2.27. The van der Waals surface area contributed by atoms with Crippen LogP contribution in [0.2, 0.25) is 0 Å². The lowest BCUT2D eigenvalue weighted by Gasteiger charge is -2.08. The van der Waals surface area contributed by atoms with Gasteiger partial charge in [0, 0.05) is 12.1 Å². The Labute approximate surface area is 116 Å². The molecule has 3 nitrogen and oxygen atoms in total. The average Bonchev–Trinajstić information content (AvgIpc) is 2.44. The monoisotopic (exact) mass is 265 g/mol. The average molecular weight is 265 g/mol. The van der Waals surface area contributed by atoms with Gasteiger partial charge in [0.2, 0.25) is 0 Å². The molecule has 20 heavy (non-hydrogen) atoms. The molecule has 0 atom stereocenters. The maximum Gasteiger partial charge on any atom is 0.251 e. The SMILES string of the molecule is CCNC(=O)c1cccc2cc3cc(O)ccc3cc12. The molecule has 0 spiro atoms. The molecule has 3 aromatic carbocycles. The van der Waals surface area contributed by atoms with Gasteiger partial charge in [0.25, 0.3) is 5.91 Å². The summed E-state index contributed by atoms with van der Waals surface area (Å²) in [6.07, 6.45) is 0. The van der Waals surface area contributed by atoms with Crippen molar-refractivity contribution in [3.8, 4) is 5.75 Å². The molecule has 3 rings (SSSR count). The molecule has 0 bridgehead atoms. The second kappa shape index (κ2) is 4.85. The van der Waals surface area contributed by atoms with Crippen molar-refractivity contribution in [3.05, 3.63) is 54.1 Å². The van der Waals surface area contributed by atoms with Crippen molar-refractivity contribution in [2.24, 2.45) is 0 Å². The van der Waals surface area contributed by atoms with E-state index >= 15 is 0 Å². The minimum Gasteiger partial charge on any atom is -0.508 e. The number of nitrogens with one attached hydrogen (secondary N) is 1. The summed E-state index contributed by atoms with van der Waals surface area (Å²) in [5, 5.41) is 16.3. The summed E-state index contributed by atoms with van der Waals surface area (Å²) in [7, 11) is 0. The third-order valence-corrected chi connectivity index (χ3v) is 3.40. The van der Waals surface area contributed by atoms with Gasteiger partial charge in [0.05, 0.1) is 0 Å². The van der Waals surface area contributed by atoms with Crippen molar-refractivity contribution >= 4 is 27.5 Å². The standard InChI is InChI=1S/C17H15NO2/c1-2-18-17(20)15-5-3-4-12-8-13-9-14(19)7-6-11(13)10-16(12)15/h3-10,19H,2H2,1H3,(H,18,20). The Kier molecular flexibility index (Phi) is 3.03. The zero-order chi connectivity index (χ0) is 14.1. The van der Waals surface area contributed by atoms with Crippen LogP contribution in [0.4, 0.5) is 0 Å². The first kappa shape index (κ1) is 12.5. The van der Waals surface area contributed by atoms with Crippen molar-refractivity contribution < 1.29 is 9.90 Å². The summed E-state index contributed by atoms with van der Waals surface area (Å²) in [6.45, 7) is 2.51. The first-order valence-electron chi connectivity index (χ1n) is 6.63. The Balaban J connectivity index is 2.28. The smallest absolute Gasteiger partial charge is 0.251 e. The Bertz CT molecular complexity index is 809. The molecule has 0 saturated carbocycles. The summed E-state index contributed by atoms with van der Waals surface area (Å²) >= 11 is 0. The van der Waals surface area contributed by atoms with E-state index in [1.54, 1.807) is 12.1 Å². The number of hydrogen-bond donors (Lipinski definition) is 2. The lowest BCUT2D eigenvalue weighted by atomic mass is 9.99. The predicted octanol–water partition coefficient (Wildman–Crippen LogP) is 3.45. The molecule has 0 heterocycles. The molecule has 0 fully saturated rings. The van der Waals surface area contributed by atoms with E-state index in [4.69, 9.17) is 0 Å². The number of fused-ring (bicyclic) bond motifs is 2. The number of benzene rings is 3. The highest BCUT2D eigenvalue weighted by atomic mass is 16.3. The van der Waals surface area contributed by atoms with Crippen LogP contribution in [0.3, 0.4) is 0 Å². The molecule has 3 heteroatoms. The molecule has 2 N–H and O–H groups in total. The molecule has 0 aromatic heterocycles. The number of carbonyl (C=O) groups excluding carboxylic acids is 1. The van der Waals surface area contributed by atoms with Crippen molar-refractivity contribution in [3.63, 3.8) is 0 Å². The lowest BCUT2D eigenvalue weighted by molar-refractivity contribution is 0.0957. The van der Waals surface area contributed by atoms with Gasteiger partial charge >= 0.3 is 0 Å². The first-order chi connectivity index (χ1) is 9.69. The van der Waals surface area contributed by atoms with Crippen molar-refractivity contribution in [2.45, 2.75) is 6.92 Å². The molecule has 0 aliphatic rings. The van der Waals surface area contributed by atoms with E-state index in [9.17, 15) is 9.90 Å². The van der Waals surface area contributed by atoms with Crippen LogP contribution in [-0.4, -0.2) is 17.6 Å². The fraction of sp³-hybridized carbons (Fsp3) is 0.118. The van der Waals surface area contributed by atoms with E-state index in [-0.39, 0.29) is 11.7 Å². The first-order valence-corrected chi connectivity index (χ1v) is 6.63. The van der Waals surface area contributed by atoms with Gasteiger partial charge in [-0.3, -0.25) is 4.79 Å². The van der Waals surface area contributed by atoms with E-state index in [2.05, 4.69) is 5.32 Å². The summed E-state index contributed by atoms with van der Waals surface area (Å²) in [4.78, 5) is 12.1. The number of amides is 1. The fourth-order valence-electron chi connectivity index (χ4n) is 2.47. The second-order valence-corrected chi connectivity index (χ2v) is 4.77. The van der Waals surface area contributed by atoms with E-state index in [0.29, 0.717) is 12.1 Å². The van der Waals surface area contributed by atoms with Crippen LogP contribution < -0.4 is 5.32 Å². The minimum atomic E-state index is -0.0590. The van der Waals surface area contributed by atoms with Gasteiger partial charge in [-0.05, 0) is 58.8 Å². The molecule has 0 unspecified atom stereocenters. The number of rotatable bonds is 2. The molecule has 3 aromatic rings. The van der Waals surface area contributed by atoms with Crippen LogP contribution in [0, 0.1) is 0 Å². The minimum absolute atomic E-state index is 0.0590. The van der Waals surface area contributed by atoms with E-state index in [1.165, 1.54) is 0 Å². The normalized spacial score (nSPS) is 10.8. The fourth-order valence-corrected chi connectivity index (χ4v) is 2.47. The quantitative estimate of drug-likeness (QED) is 0.697. The summed E-state index contributed by atoms with van der Waals surface area (Å²) in [5.74, 6) is 0.188. The summed E-state index contributed by atoms with van der Waals surface area (Å²) < 4.78 is 0. The Morgan fingerprint density at radius 2 is 1.90 bits per heavy atom. The summed E-state index contributed by atoms with van der Waals surface area (Å²) in [6, 6.07) is 14.9. The molecule has 0 saturated heterocycles. The van der Waals surface area contributed by atoms with Gasteiger partial charge in [0.15, 0.2) is 0 Å². The van der Waals surface area contributed by atoms with Crippen LogP contribution in [0.5, 0.6) is 5.75 Å². The Morgan fingerprint density at radius 1 is 1.05 bits per heavy atom. The number of phenolic OH excluding ortho intramolecular Hbond substituents is 1. The van der Waals surface area contributed by atoms with E-state index in [0.717, 1.165) is 21.5 Å². The van der Waals surface area contributed by atoms with Crippen LogP contribution in [0.1, 0.15) is 17.3 Å². The zero-order valence-electron chi connectivity index (χ0n) is 11.2. The van der Waals surface area contributed by atoms with E-state index in [1.807, 2.05) is 43.3 Å². The van der Waals surface area contributed by atoms with Crippen LogP contribution in [-0.2, 0) is 0 Å². The molecule has 0 radical (unpaired) electrons. The molecular formula is C17H15NO2. The van der Waals surface area contributed by atoms with Crippen LogP contribution >= 0.6 is 0 Å². The van der Waals surface area contributed by atoms with Gasteiger partial charge in [-0.25, -0.2) is 0 Å². The largest absolute Gasteiger partial charge is 0.508 e. The van der Waals surface area contributed by atoms with Gasteiger partial charge in [-0.2, -0.15) is 0 Å². The van der Waals surface area contributed by atoms with Gasteiger partial charge in [0.1, 0.15) is 5.75 Å². The van der Waals surface area contributed by atoms with Crippen molar-refractivity contribution in [2.75, 3.05) is 6.54 Å². The molecule has 0 aliphatic heterocycles. The third-order valence-electron chi connectivity index (χ3n) is 3.40. The maximum atomic E-state index is 12.1. The molecule has 1 amide bonds. The number of carbonyl (C=O) groups is 1. The Hall–Kier alpha value is -2.55. The molecule has 100 valence electrons. The number of aromatic hydroxyl groups is 1. The highest BCUT2D eigenvalue weighted by molar-refractivity contribution is 6.10. The Morgan fingerprint density at radius 3 is 2.70 bits per heavy atom.